The normalized spacial score (nSPS) is 18.1. The van der Waals surface area contributed by atoms with Gasteiger partial charge in [-0.05, 0) is 90.5 Å². The summed E-state index contributed by atoms with van der Waals surface area (Å²) >= 11 is 0. The third kappa shape index (κ3) is 7.30. The fraction of sp³-hybridized carbons (Fsp3) is 0.484. The molecule has 0 N–H and O–H groups in total. The molecule has 1 aliphatic carbocycles. The van der Waals surface area contributed by atoms with Crippen LogP contribution in [0.1, 0.15) is 85.0 Å². The fourth-order valence-electron chi connectivity index (χ4n) is 4.66. The summed E-state index contributed by atoms with van der Waals surface area (Å²) in [6.45, 7) is 12.4. The zero-order chi connectivity index (χ0) is 26.6. The predicted octanol–water partition coefficient (Wildman–Crippen LogP) is 7.27. The Morgan fingerprint density at radius 3 is 2.32 bits per heavy atom. The summed E-state index contributed by atoms with van der Waals surface area (Å²) in [5.74, 6) is 1.11. The second-order valence-electron chi connectivity index (χ2n) is 11.0. The van der Waals surface area contributed by atoms with Gasteiger partial charge in [-0.15, -0.1) is 0 Å². The van der Waals surface area contributed by atoms with Gasteiger partial charge in [0.25, 0.3) is 0 Å². The van der Waals surface area contributed by atoms with E-state index in [1.54, 1.807) is 0 Å². The van der Waals surface area contributed by atoms with Gasteiger partial charge in [-0.25, -0.2) is 9.78 Å². The van der Waals surface area contributed by atoms with Crippen molar-refractivity contribution in [1.82, 2.24) is 4.98 Å². The first kappa shape index (κ1) is 27.1. The number of ether oxygens (including phenoxy) is 3. The Kier molecular flexibility index (Phi) is 8.50. The van der Waals surface area contributed by atoms with E-state index in [0.29, 0.717) is 24.7 Å². The van der Waals surface area contributed by atoms with Crippen LogP contribution in [0.5, 0.6) is 0 Å². The molecule has 1 aromatic heterocycles. The van der Waals surface area contributed by atoms with Gasteiger partial charge in [0.15, 0.2) is 0 Å². The number of aromatic nitrogens is 1. The average molecular weight is 506 g/mol. The molecule has 4 rings (SSSR count). The van der Waals surface area contributed by atoms with Crippen LogP contribution in [0.2, 0.25) is 0 Å². The van der Waals surface area contributed by atoms with Crippen LogP contribution < -0.4 is 0 Å². The maximum Gasteiger partial charge on any atom is 0.339 e. The van der Waals surface area contributed by atoms with Crippen LogP contribution in [0.15, 0.2) is 46.9 Å². The lowest BCUT2D eigenvalue weighted by Gasteiger charge is -2.29. The Balaban J connectivity index is 1.33. The Bertz CT molecular complexity index is 1210. The van der Waals surface area contributed by atoms with Crippen LogP contribution >= 0.6 is 0 Å². The minimum absolute atomic E-state index is 0.0762. The number of nitrogens with zero attached hydrogens (tertiary/aromatic N) is 1. The van der Waals surface area contributed by atoms with E-state index < -0.39 is 5.60 Å². The largest absolute Gasteiger partial charge is 0.456 e. The highest BCUT2D eigenvalue weighted by Gasteiger charge is 2.26. The first-order valence-electron chi connectivity index (χ1n) is 13.2. The molecular weight excluding hydrogens is 466 g/mol. The number of esters is 1. The van der Waals surface area contributed by atoms with Crippen molar-refractivity contribution in [2.24, 2.45) is 0 Å². The number of carbonyl (C=O) groups is 1. The van der Waals surface area contributed by atoms with Gasteiger partial charge in [-0.2, -0.15) is 0 Å². The minimum Gasteiger partial charge on any atom is -0.456 e. The number of hydrogen-bond donors (Lipinski definition) is 0. The molecule has 0 unspecified atom stereocenters. The highest BCUT2D eigenvalue weighted by Crippen LogP contribution is 2.28. The van der Waals surface area contributed by atoms with E-state index in [2.05, 4.69) is 24.0 Å². The first-order valence-corrected chi connectivity index (χ1v) is 13.2. The zero-order valence-corrected chi connectivity index (χ0v) is 22.9. The van der Waals surface area contributed by atoms with Gasteiger partial charge in [0.2, 0.25) is 5.89 Å². The number of oxazole rings is 1. The Morgan fingerprint density at radius 2 is 1.65 bits per heavy atom. The Morgan fingerprint density at radius 1 is 0.973 bits per heavy atom. The molecule has 6 heteroatoms. The van der Waals surface area contributed by atoms with Crippen molar-refractivity contribution in [2.45, 2.75) is 98.2 Å². The molecule has 0 radical (unpaired) electrons. The topological polar surface area (TPSA) is 70.8 Å². The predicted molar refractivity (Wildman–Crippen MR) is 143 cm³/mol. The van der Waals surface area contributed by atoms with Gasteiger partial charge in [0.1, 0.15) is 17.1 Å². The van der Waals surface area contributed by atoms with Gasteiger partial charge < -0.3 is 18.6 Å². The third-order valence-corrected chi connectivity index (χ3v) is 6.66. The number of carbonyl (C=O) groups excluding carboxylic acids is 1. The molecule has 0 bridgehead atoms. The quantitative estimate of drug-likeness (QED) is 0.300. The van der Waals surface area contributed by atoms with Crippen molar-refractivity contribution >= 4 is 5.97 Å². The molecular formula is C31H39NO5. The summed E-state index contributed by atoms with van der Waals surface area (Å²) in [7, 11) is 0. The van der Waals surface area contributed by atoms with Crippen molar-refractivity contribution in [1.29, 1.82) is 0 Å². The van der Waals surface area contributed by atoms with E-state index in [4.69, 9.17) is 18.6 Å². The van der Waals surface area contributed by atoms with Crippen LogP contribution in [0.25, 0.3) is 11.5 Å². The van der Waals surface area contributed by atoms with E-state index in [-0.39, 0.29) is 18.2 Å². The number of benzene rings is 2. The van der Waals surface area contributed by atoms with Gasteiger partial charge in [-0.3, -0.25) is 0 Å². The van der Waals surface area contributed by atoms with E-state index in [9.17, 15) is 4.79 Å². The molecule has 3 aromatic rings. The second-order valence-corrected chi connectivity index (χ2v) is 11.0. The number of aryl methyl sites for hydroxylation is 3. The fourth-order valence-corrected chi connectivity index (χ4v) is 4.66. The molecule has 1 aliphatic rings. The van der Waals surface area contributed by atoms with E-state index in [1.165, 1.54) is 5.56 Å². The zero-order valence-electron chi connectivity index (χ0n) is 22.9. The first-order chi connectivity index (χ1) is 17.6. The van der Waals surface area contributed by atoms with Gasteiger partial charge in [-0.1, -0.05) is 35.9 Å². The van der Waals surface area contributed by atoms with E-state index >= 15 is 0 Å². The van der Waals surface area contributed by atoms with E-state index in [0.717, 1.165) is 53.8 Å². The lowest BCUT2D eigenvalue weighted by Crippen LogP contribution is -2.29. The molecule has 198 valence electrons. The smallest absolute Gasteiger partial charge is 0.339 e. The summed E-state index contributed by atoms with van der Waals surface area (Å²) in [6, 6.07) is 14.0. The van der Waals surface area contributed by atoms with Crippen molar-refractivity contribution in [3.05, 3.63) is 76.2 Å². The van der Waals surface area contributed by atoms with E-state index in [1.807, 2.05) is 65.0 Å². The summed E-state index contributed by atoms with van der Waals surface area (Å²) < 4.78 is 24.1. The van der Waals surface area contributed by atoms with Crippen LogP contribution in [0, 0.1) is 20.8 Å². The summed E-state index contributed by atoms with van der Waals surface area (Å²) in [5.41, 5.74) is 4.81. The van der Waals surface area contributed by atoms with Crippen molar-refractivity contribution in [3.8, 4) is 11.5 Å². The molecule has 0 spiro atoms. The average Bonchev–Trinajstić information content (AvgIpc) is 3.21. The lowest BCUT2D eigenvalue weighted by atomic mass is 9.94. The minimum atomic E-state index is -0.547. The molecule has 2 atom stereocenters. The monoisotopic (exact) mass is 505 g/mol. The lowest BCUT2D eigenvalue weighted by molar-refractivity contribution is -0.0565. The molecule has 0 amide bonds. The summed E-state index contributed by atoms with van der Waals surface area (Å²) in [5, 5.41) is 0. The summed E-state index contributed by atoms with van der Waals surface area (Å²) in [6.07, 6.45) is 4.00. The molecule has 1 heterocycles. The number of rotatable bonds is 8. The molecule has 1 fully saturated rings. The highest BCUT2D eigenvalue weighted by molar-refractivity contribution is 5.93. The van der Waals surface area contributed by atoms with Crippen LogP contribution in [-0.4, -0.2) is 28.8 Å². The van der Waals surface area contributed by atoms with Crippen LogP contribution in [0.4, 0.5) is 0 Å². The maximum atomic E-state index is 12.8. The SMILES string of the molecule is Cc1ccc(-c2nc(CO[C@H]3CCC[C@@H](OCc4cccc(C)c4C(=O)OC(C)(C)C)C3)c(C)o2)cc1. The second kappa shape index (κ2) is 11.6. The van der Waals surface area contributed by atoms with Crippen molar-refractivity contribution in [3.63, 3.8) is 0 Å². The van der Waals surface area contributed by atoms with Gasteiger partial charge in [0, 0.05) is 5.56 Å². The maximum absolute atomic E-state index is 12.8. The molecule has 1 saturated carbocycles. The molecule has 0 saturated heterocycles. The van der Waals surface area contributed by atoms with Crippen LogP contribution in [0.3, 0.4) is 0 Å². The van der Waals surface area contributed by atoms with Gasteiger partial charge in [0.05, 0.1) is 31.0 Å². The highest BCUT2D eigenvalue weighted by atomic mass is 16.6. The Hall–Kier alpha value is -2.96. The molecule has 6 nitrogen and oxygen atoms in total. The Labute approximate surface area is 220 Å². The molecule has 37 heavy (non-hydrogen) atoms. The third-order valence-electron chi connectivity index (χ3n) is 6.66. The number of hydrogen-bond acceptors (Lipinski definition) is 6. The standard InChI is InChI=1S/C31H39NO5/c1-20-13-15-23(16-14-20)29-32-27(22(3)36-29)19-35-26-12-8-11-25(17-26)34-18-24-10-7-9-21(2)28(24)30(33)37-31(4,5)6/h7,9-10,13-16,25-26H,8,11-12,17-19H2,1-6H3/t25-,26+/m1/s1. The van der Waals surface area contributed by atoms with Gasteiger partial charge >= 0.3 is 5.97 Å². The molecule has 0 aliphatic heterocycles. The summed E-state index contributed by atoms with van der Waals surface area (Å²) in [4.78, 5) is 17.5. The van der Waals surface area contributed by atoms with Crippen LogP contribution in [-0.2, 0) is 27.4 Å². The van der Waals surface area contributed by atoms with Crippen molar-refractivity contribution < 1.29 is 23.4 Å². The molecule has 2 aromatic carbocycles. The van der Waals surface area contributed by atoms with Crippen molar-refractivity contribution in [2.75, 3.05) is 0 Å².